The zero-order valence-electron chi connectivity index (χ0n) is 18.8. The average Bonchev–Trinajstić information content (AvgIpc) is 2.72. The second-order valence-corrected chi connectivity index (χ2v) is 10.1. The van der Waals surface area contributed by atoms with Gasteiger partial charge in [-0.15, -0.1) is 0 Å². The normalized spacial score (nSPS) is 12.3. The molecule has 0 aliphatic heterocycles. The van der Waals surface area contributed by atoms with Crippen molar-refractivity contribution in [2.45, 2.75) is 40.0 Å². The number of pyridine rings is 1. The minimum Gasteiger partial charge on any atom is -0.867 e. The van der Waals surface area contributed by atoms with Gasteiger partial charge in [0.15, 0.2) is 17.4 Å². The predicted molar refractivity (Wildman–Crippen MR) is 137 cm³/mol. The number of aryl methyl sites for hydroxylation is 2. The van der Waals surface area contributed by atoms with Gasteiger partial charge in [0.25, 0.3) is 0 Å². The van der Waals surface area contributed by atoms with E-state index in [9.17, 15) is 5.11 Å². The van der Waals surface area contributed by atoms with Crippen LogP contribution in [0.15, 0.2) is 60.9 Å². The van der Waals surface area contributed by atoms with Gasteiger partial charge in [-0.05, 0) is 77.6 Å². The highest BCUT2D eigenvalue weighted by molar-refractivity contribution is 7.81. The maximum atomic E-state index is 13.6. The standard InChI is InChI=1S/C26H26Cl2N2OS/c1-16-6-8-20(14-17(16)2)29-25(32)23(24(31)21-15-19(27)7-9-22(21)28)30-12-10-18(11-13-30)26(3,4)5/h6-15H,1-5H3,(H-,29,31,32). The van der Waals surface area contributed by atoms with Crippen LogP contribution in [0.3, 0.4) is 0 Å². The molecule has 3 nitrogen and oxygen atoms in total. The lowest BCUT2D eigenvalue weighted by molar-refractivity contribution is -0.577. The lowest BCUT2D eigenvalue weighted by Gasteiger charge is -2.20. The third-order valence-electron chi connectivity index (χ3n) is 5.32. The summed E-state index contributed by atoms with van der Waals surface area (Å²) in [5.74, 6) is -0.313. The lowest BCUT2D eigenvalue weighted by atomic mass is 9.88. The second-order valence-electron chi connectivity index (χ2n) is 8.80. The third kappa shape index (κ3) is 5.50. The zero-order chi connectivity index (χ0) is 23.6. The molecule has 3 aromatic rings. The summed E-state index contributed by atoms with van der Waals surface area (Å²) in [5.41, 5.74) is 4.85. The van der Waals surface area contributed by atoms with Crippen molar-refractivity contribution < 1.29 is 9.67 Å². The van der Waals surface area contributed by atoms with Crippen molar-refractivity contribution >= 4 is 57.6 Å². The molecule has 2 aromatic carbocycles. The number of hydrogen-bond donors (Lipinski definition) is 1. The molecule has 6 heteroatoms. The molecule has 0 atom stereocenters. The van der Waals surface area contributed by atoms with Gasteiger partial charge in [-0.25, -0.2) is 0 Å². The molecular formula is C26H26Cl2N2OS. The maximum Gasteiger partial charge on any atom is 0.238 e. The van der Waals surface area contributed by atoms with Crippen molar-refractivity contribution in [1.82, 2.24) is 0 Å². The fourth-order valence-corrected chi connectivity index (χ4v) is 3.91. The summed E-state index contributed by atoms with van der Waals surface area (Å²) in [5, 5.41) is 17.6. The number of nitrogens with zero attached hydrogens (tertiary/aromatic N) is 1. The topological polar surface area (TPSA) is 39.0 Å². The van der Waals surface area contributed by atoms with Gasteiger partial charge in [-0.1, -0.05) is 62.3 Å². The van der Waals surface area contributed by atoms with Crippen LogP contribution in [0.4, 0.5) is 5.69 Å². The maximum absolute atomic E-state index is 13.6. The van der Waals surface area contributed by atoms with Crippen LogP contribution >= 0.6 is 35.4 Å². The Morgan fingerprint density at radius 3 is 2.19 bits per heavy atom. The van der Waals surface area contributed by atoms with Crippen molar-refractivity contribution in [1.29, 1.82) is 0 Å². The third-order valence-corrected chi connectivity index (χ3v) is 6.18. The van der Waals surface area contributed by atoms with Crippen LogP contribution in [-0.2, 0) is 5.41 Å². The molecule has 0 fully saturated rings. The van der Waals surface area contributed by atoms with E-state index in [1.54, 1.807) is 22.8 Å². The summed E-state index contributed by atoms with van der Waals surface area (Å²) in [6.07, 6.45) is 3.70. The van der Waals surface area contributed by atoms with E-state index in [4.69, 9.17) is 35.4 Å². The van der Waals surface area contributed by atoms with Crippen LogP contribution in [-0.4, -0.2) is 4.99 Å². The van der Waals surface area contributed by atoms with Gasteiger partial charge >= 0.3 is 0 Å². The van der Waals surface area contributed by atoms with E-state index in [2.05, 4.69) is 26.1 Å². The summed E-state index contributed by atoms with van der Waals surface area (Å²) in [7, 11) is 0. The molecule has 1 aromatic heterocycles. The number of aromatic nitrogens is 1. The second kappa shape index (κ2) is 9.62. The first-order valence-electron chi connectivity index (χ1n) is 10.2. The Morgan fingerprint density at radius 1 is 0.938 bits per heavy atom. The van der Waals surface area contributed by atoms with Crippen LogP contribution in [0.2, 0.25) is 10.0 Å². The molecule has 0 unspecified atom stereocenters. The Morgan fingerprint density at radius 2 is 1.59 bits per heavy atom. The van der Waals surface area contributed by atoms with E-state index in [-0.39, 0.29) is 11.2 Å². The average molecular weight is 485 g/mol. The fraction of sp³-hybridized carbons (Fsp3) is 0.231. The molecule has 0 radical (unpaired) electrons. The smallest absolute Gasteiger partial charge is 0.238 e. The van der Waals surface area contributed by atoms with Gasteiger partial charge in [0.1, 0.15) is 0 Å². The first-order valence-corrected chi connectivity index (χ1v) is 11.4. The van der Waals surface area contributed by atoms with Crippen LogP contribution in [0, 0.1) is 13.8 Å². The van der Waals surface area contributed by atoms with Crippen molar-refractivity contribution in [3.8, 4) is 0 Å². The number of thiocarbonyl (C=S) groups is 1. The molecule has 0 amide bonds. The first-order chi connectivity index (χ1) is 15.0. The van der Waals surface area contributed by atoms with Crippen LogP contribution in [0.1, 0.15) is 43.0 Å². The van der Waals surface area contributed by atoms with E-state index in [1.165, 1.54) is 5.56 Å². The Kier molecular flexibility index (Phi) is 7.29. The van der Waals surface area contributed by atoms with Gasteiger partial charge in [-0.3, -0.25) is 0 Å². The number of rotatable bonds is 4. The molecule has 0 aliphatic carbocycles. The van der Waals surface area contributed by atoms with Crippen molar-refractivity contribution in [3.63, 3.8) is 0 Å². The van der Waals surface area contributed by atoms with E-state index in [1.807, 2.05) is 56.6 Å². The molecule has 0 spiro atoms. The number of benzene rings is 2. The SMILES string of the molecule is Cc1ccc(NC(=S)/C(=C(/[O-])c2cc(Cl)ccc2Cl)[n+]2ccc(C(C)(C)C)cc2)cc1C. The minimum atomic E-state index is -0.313. The van der Waals surface area contributed by atoms with E-state index >= 15 is 0 Å². The van der Waals surface area contributed by atoms with Gasteiger partial charge in [0.2, 0.25) is 5.70 Å². The highest BCUT2D eigenvalue weighted by Crippen LogP contribution is 2.28. The molecular weight excluding hydrogens is 459 g/mol. The molecule has 1 heterocycles. The van der Waals surface area contributed by atoms with Crippen molar-refractivity contribution in [3.05, 3.63) is 93.2 Å². The monoisotopic (exact) mass is 484 g/mol. The van der Waals surface area contributed by atoms with Gasteiger partial charge in [-0.2, -0.15) is 4.57 Å². The molecule has 0 saturated carbocycles. The quantitative estimate of drug-likeness (QED) is 0.203. The largest absolute Gasteiger partial charge is 0.867 e. The summed E-state index contributed by atoms with van der Waals surface area (Å²) in [6, 6.07) is 14.8. The zero-order valence-corrected chi connectivity index (χ0v) is 21.1. The van der Waals surface area contributed by atoms with Crippen LogP contribution < -0.4 is 15.0 Å². The predicted octanol–water partition coefficient (Wildman–Crippen LogP) is 6.32. The number of hydrogen-bond acceptors (Lipinski definition) is 2. The van der Waals surface area contributed by atoms with Crippen LogP contribution in [0.5, 0.6) is 0 Å². The van der Waals surface area contributed by atoms with Gasteiger partial charge in [0.05, 0.1) is 0 Å². The number of halogens is 2. The molecule has 0 bridgehead atoms. The highest BCUT2D eigenvalue weighted by Gasteiger charge is 2.22. The summed E-state index contributed by atoms with van der Waals surface area (Å²) in [4.78, 5) is 0.294. The number of anilines is 1. The molecule has 0 aliphatic rings. The fourth-order valence-electron chi connectivity index (χ4n) is 3.22. The highest BCUT2D eigenvalue weighted by atomic mass is 35.5. The summed E-state index contributed by atoms with van der Waals surface area (Å²) >= 11 is 18.2. The first kappa shape index (κ1) is 24.2. The Balaban J connectivity index is 2.13. The molecule has 0 saturated heterocycles. The Labute approximate surface area is 205 Å². The van der Waals surface area contributed by atoms with E-state index < -0.39 is 0 Å². The Hall–Kier alpha value is -2.40. The molecule has 3 rings (SSSR count). The number of nitrogens with one attached hydrogen (secondary N) is 1. The van der Waals surface area contributed by atoms with Crippen molar-refractivity contribution in [2.24, 2.45) is 0 Å². The van der Waals surface area contributed by atoms with Crippen LogP contribution in [0.25, 0.3) is 11.5 Å². The van der Waals surface area contributed by atoms with E-state index in [0.717, 1.165) is 16.8 Å². The summed E-state index contributed by atoms with van der Waals surface area (Å²) in [6.45, 7) is 10.5. The summed E-state index contributed by atoms with van der Waals surface area (Å²) < 4.78 is 1.73. The molecule has 166 valence electrons. The van der Waals surface area contributed by atoms with Gasteiger partial charge in [0, 0.05) is 27.9 Å². The van der Waals surface area contributed by atoms with Gasteiger partial charge < -0.3 is 10.4 Å². The molecule has 1 N–H and O–H groups in total. The molecule has 32 heavy (non-hydrogen) atoms. The van der Waals surface area contributed by atoms with Crippen molar-refractivity contribution in [2.75, 3.05) is 5.32 Å². The minimum absolute atomic E-state index is 0.0162. The lowest BCUT2D eigenvalue weighted by Crippen LogP contribution is -2.40. The Bertz CT molecular complexity index is 1200. The van der Waals surface area contributed by atoms with E-state index in [0.29, 0.717) is 26.3 Å².